The number of nitro groups is 1. The molecule has 2 aromatic rings. The molecule has 0 atom stereocenters. The maximum absolute atomic E-state index is 13.5. The lowest BCUT2D eigenvalue weighted by Gasteiger charge is -2.11. The number of halogens is 2. The van der Waals surface area contributed by atoms with Gasteiger partial charge in [-0.15, -0.1) is 0 Å². The molecule has 0 saturated carbocycles. The van der Waals surface area contributed by atoms with E-state index in [9.17, 15) is 18.9 Å². The summed E-state index contributed by atoms with van der Waals surface area (Å²) in [5.74, 6) is -0.618. The van der Waals surface area contributed by atoms with Gasteiger partial charge in [0.1, 0.15) is 17.4 Å². The van der Waals surface area contributed by atoms with E-state index in [4.69, 9.17) is 4.74 Å². The first-order valence-corrected chi connectivity index (χ1v) is 7.56. The summed E-state index contributed by atoms with van der Waals surface area (Å²) in [6, 6.07) is 7.89. The number of rotatable bonds is 8. The molecule has 0 amide bonds. The van der Waals surface area contributed by atoms with Crippen LogP contribution in [0, 0.1) is 21.7 Å². The van der Waals surface area contributed by atoms with E-state index >= 15 is 0 Å². The Morgan fingerprint density at radius 1 is 1.17 bits per heavy atom. The standard InChI is InChI=1S/C17H18F2N2O3/c1-2-24-17-6-5-15(21(22)23)9-13(17)11-20-8-7-12-3-4-14(18)10-16(12)19/h3-6,9-10,20H,2,7-8,11H2,1H3. The summed E-state index contributed by atoms with van der Waals surface area (Å²) in [7, 11) is 0. The Kier molecular flexibility index (Phi) is 6.20. The predicted octanol–water partition coefficient (Wildman–Crippen LogP) is 3.60. The van der Waals surface area contributed by atoms with Gasteiger partial charge in [0, 0.05) is 30.3 Å². The molecule has 0 aliphatic rings. The van der Waals surface area contributed by atoms with Crippen LogP contribution >= 0.6 is 0 Å². The normalized spacial score (nSPS) is 10.6. The lowest BCUT2D eigenvalue weighted by atomic mass is 10.1. The zero-order chi connectivity index (χ0) is 17.5. The van der Waals surface area contributed by atoms with Crippen molar-refractivity contribution in [3.05, 3.63) is 69.3 Å². The molecule has 0 saturated heterocycles. The van der Waals surface area contributed by atoms with E-state index in [1.807, 2.05) is 6.92 Å². The second-order valence-corrected chi connectivity index (χ2v) is 5.14. The van der Waals surface area contributed by atoms with Crippen molar-refractivity contribution >= 4 is 5.69 Å². The highest BCUT2D eigenvalue weighted by atomic mass is 19.1. The number of hydrogen-bond donors (Lipinski definition) is 1. The summed E-state index contributed by atoms with van der Waals surface area (Å²) in [5, 5.41) is 14.0. The zero-order valence-corrected chi connectivity index (χ0v) is 13.2. The molecule has 0 bridgehead atoms. The Morgan fingerprint density at radius 3 is 2.62 bits per heavy atom. The van der Waals surface area contributed by atoms with Gasteiger partial charge in [-0.25, -0.2) is 8.78 Å². The molecule has 0 aliphatic carbocycles. The van der Waals surface area contributed by atoms with Crippen LogP contribution in [0.25, 0.3) is 0 Å². The van der Waals surface area contributed by atoms with Crippen LogP contribution in [-0.4, -0.2) is 18.1 Å². The summed E-state index contributed by atoms with van der Waals surface area (Å²) in [6.45, 7) is 3.07. The summed E-state index contributed by atoms with van der Waals surface area (Å²) in [6.07, 6.45) is 0.380. The molecular formula is C17H18F2N2O3. The number of hydrogen-bond acceptors (Lipinski definition) is 4. The van der Waals surface area contributed by atoms with Crippen molar-refractivity contribution in [1.82, 2.24) is 5.32 Å². The van der Waals surface area contributed by atoms with E-state index in [0.717, 1.165) is 6.07 Å². The van der Waals surface area contributed by atoms with Gasteiger partial charge in [0.15, 0.2) is 0 Å². The lowest BCUT2D eigenvalue weighted by molar-refractivity contribution is -0.384. The van der Waals surface area contributed by atoms with Gasteiger partial charge in [-0.3, -0.25) is 10.1 Å². The highest BCUT2D eigenvalue weighted by molar-refractivity contribution is 5.43. The minimum absolute atomic E-state index is 0.0140. The quantitative estimate of drug-likeness (QED) is 0.454. The summed E-state index contributed by atoms with van der Waals surface area (Å²) in [5.41, 5.74) is 1.05. The molecule has 7 heteroatoms. The monoisotopic (exact) mass is 336 g/mol. The summed E-state index contributed by atoms with van der Waals surface area (Å²) >= 11 is 0. The second kappa shape index (κ2) is 8.35. The van der Waals surface area contributed by atoms with Crippen LogP contribution in [0.3, 0.4) is 0 Å². The third-order valence-corrected chi connectivity index (χ3v) is 3.46. The number of nitro benzene ring substituents is 1. The fraction of sp³-hybridized carbons (Fsp3) is 0.294. The van der Waals surface area contributed by atoms with Gasteiger partial charge >= 0.3 is 0 Å². The Bertz CT molecular complexity index is 723. The molecule has 2 rings (SSSR count). The first-order chi connectivity index (χ1) is 11.5. The van der Waals surface area contributed by atoms with Crippen LogP contribution in [0.2, 0.25) is 0 Å². The molecule has 0 fully saturated rings. The zero-order valence-electron chi connectivity index (χ0n) is 13.2. The maximum Gasteiger partial charge on any atom is 0.270 e. The fourth-order valence-electron chi connectivity index (χ4n) is 2.28. The van der Waals surface area contributed by atoms with Crippen molar-refractivity contribution in [2.24, 2.45) is 0 Å². The van der Waals surface area contributed by atoms with E-state index in [1.54, 1.807) is 6.07 Å². The first kappa shape index (κ1) is 17.8. The molecule has 5 nitrogen and oxygen atoms in total. The largest absolute Gasteiger partial charge is 0.494 e. The lowest BCUT2D eigenvalue weighted by Crippen LogP contribution is -2.18. The van der Waals surface area contributed by atoms with Crippen molar-refractivity contribution in [3.8, 4) is 5.75 Å². The van der Waals surface area contributed by atoms with Crippen molar-refractivity contribution in [2.75, 3.05) is 13.2 Å². The van der Waals surface area contributed by atoms with Crippen molar-refractivity contribution in [2.45, 2.75) is 19.9 Å². The molecular weight excluding hydrogens is 318 g/mol. The molecule has 1 N–H and O–H groups in total. The average molecular weight is 336 g/mol. The smallest absolute Gasteiger partial charge is 0.270 e. The topological polar surface area (TPSA) is 64.4 Å². The van der Waals surface area contributed by atoms with Crippen LogP contribution in [0.15, 0.2) is 36.4 Å². The molecule has 0 aromatic heterocycles. The van der Waals surface area contributed by atoms with Crippen molar-refractivity contribution < 1.29 is 18.4 Å². The van der Waals surface area contributed by atoms with Crippen LogP contribution in [0.4, 0.5) is 14.5 Å². The van der Waals surface area contributed by atoms with Gasteiger partial charge in [-0.05, 0) is 37.6 Å². The second-order valence-electron chi connectivity index (χ2n) is 5.14. The number of non-ortho nitro benzene ring substituents is 1. The predicted molar refractivity (Wildman–Crippen MR) is 86.0 cm³/mol. The van der Waals surface area contributed by atoms with E-state index < -0.39 is 16.6 Å². The SMILES string of the molecule is CCOc1ccc([N+](=O)[O-])cc1CNCCc1ccc(F)cc1F. The molecule has 128 valence electrons. The molecule has 2 aromatic carbocycles. The van der Waals surface area contributed by atoms with Crippen LogP contribution < -0.4 is 10.1 Å². The Balaban J connectivity index is 1.97. The summed E-state index contributed by atoms with van der Waals surface area (Å²) in [4.78, 5) is 10.4. The van der Waals surface area contributed by atoms with Gasteiger partial charge in [-0.2, -0.15) is 0 Å². The summed E-state index contributed by atoms with van der Waals surface area (Å²) < 4.78 is 31.9. The maximum atomic E-state index is 13.5. The van der Waals surface area contributed by atoms with E-state index in [0.29, 0.717) is 43.0 Å². The molecule has 24 heavy (non-hydrogen) atoms. The van der Waals surface area contributed by atoms with Crippen LogP contribution in [0.1, 0.15) is 18.1 Å². The molecule has 0 heterocycles. The molecule has 0 unspecified atom stereocenters. The van der Waals surface area contributed by atoms with E-state index in [2.05, 4.69) is 5.32 Å². The van der Waals surface area contributed by atoms with Crippen molar-refractivity contribution in [3.63, 3.8) is 0 Å². The Labute approximate surface area is 138 Å². The number of benzene rings is 2. The fourth-order valence-corrected chi connectivity index (χ4v) is 2.28. The van der Waals surface area contributed by atoms with Crippen molar-refractivity contribution in [1.29, 1.82) is 0 Å². The van der Waals surface area contributed by atoms with E-state index in [1.165, 1.54) is 24.3 Å². The molecule has 0 spiro atoms. The van der Waals surface area contributed by atoms with Crippen LogP contribution in [-0.2, 0) is 13.0 Å². The van der Waals surface area contributed by atoms with E-state index in [-0.39, 0.29) is 5.69 Å². The highest BCUT2D eigenvalue weighted by Crippen LogP contribution is 2.24. The van der Waals surface area contributed by atoms with Gasteiger partial charge in [0.25, 0.3) is 5.69 Å². The Hall–Kier alpha value is -2.54. The average Bonchev–Trinajstić information content (AvgIpc) is 2.54. The number of ether oxygens (including phenoxy) is 1. The number of nitrogens with zero attached hydrogens (tertiary/aromatic N) is 1. The minimum atomic E-state index is -0.609. The van der Waals surface area contributed by atoms with Gasteiger partial charge in [-0.1, -0.05) is 6.07 Å². The minimum Gasteiger partial charge on any atom is -0.494 e. The number of nitrogens with one attached hydrogen (secondary N) is 1. The van der Waals surface area contributed by atoms with Crippen LogP contribution in [0.5, 0.6) is 5.75 Å². The first-order valence-electron chi connectivity index (χ1n) is 7.56. The third kappa shape index (κ3) is 4.73. The molecule has 0 radical (unpaired) electrons. The molecule has 0 aliphatic heterocycles. The Morgan fingerprint density at radius 2 is 1.96 bits per heavy atom. The highest BCUT2D eigenvalue weighted by Gasteiger charge is 2.11. The third-order valence-electron chi connectivity index (χ3n) is 3.46. The van der Waals surface area contributed by atoms with Gasteiger partial charge < -0.3 is 10.1 Å². The van der Waals surface area contributed by atoms with Gasteiger partial charge in [0.2, 0.25) is 0 Å². The van der Waals surface area contributed by atoms with Gasteiger partial charge in [0.05, 0.1) is 11.5 Å².